The number of methoxy groups -OCH3 is 3. The number of carbonyl (C=O) groups excluding carboxylic acids is 1. The molecule has 29 heavy (non-hydrogen) atoms. The predicted molar refractivity (Wildman–Crippen MR) is 116 cm³/mol. The zero-order chi connectivity index (χ0) is 20.5. The number of rotatable bonds is 6. The zero-order valence-corrected chi connectivity index (χ0v) is 17.8. The normalized spacial score (nSPS) is 10.9. The molecule has 150 valence electrons. The van der Waals surface area contributed by atoms with Crippen LogP contribution >= 0.6 is 22.7 Å². The van der Waals surface area contributed by atoms with E-state index in [-0.39, 0.29) is 5.91 Å². The number of amides is 1. The standard InChI is InChI=1S/C19H18N4O4S2/c1-20-18-21-10-5-6-11-16(15(10)28-18)29-19(22-11)23-17(24)9-7-12(25-2)14(27-4)13(8-9)26-3/h5-8H,1-4H3,(H,20,21)(H,22,23,24). The van der Waals surface area contributed by atoms with E-state index < -0.39 is 0 Å². The number of anilines is 2. The molecule has 0 fully saturated rings. The Morgan fingerprint density at radius 2 is 1.45 bits per heavy atom. The topological polar surface area (TPSA) is 94.6 Å². The van der Waals surface area contributed by atoms with Gasteiger partial charge in [0, 0.05) is 12.6 Å². The molecular weight excluding hydrogens is 412 g/mol. The number of aromatic nitrogens is 2. The summed E-state index contributed by atoms with van der Waals surface area (Å²) < 4.78 is 18.0. The number of carbonyl (C=O) groups is 1. The number of nitrogens with one attached hydrogen (secondary N) is 2. The fourth-order valence-corrected chi connectivity index (χ4v) is 4.92. The van der Waals surface area contributed by atoms with Crippen molar-refractivity contribution in [3.8, 4) is 17.2 Å². The van der Waals surface area contributed by atoms with Gasteiger partial charge in [0.05, 0.1) is 41.8 Å². The van der Waals surface area contributed by atoms with Crippen LogP contribution in [-0.4, -0.2) is 44.3 Å². The van der Waals surface area contributed by atoms with Crippen LogP contribution in [0.15, 0.2) is 24.3 Å². The summed E-state index contributed by atoms with van der Waals surface area (Å²) in [5, 5.41) is 7.26. The first-order valence-electron chi connectivity index (χ1n) is 8.57. The summed E-state index contributed by atoms with van der Waals surface area (Å²) >= 11 is 2.97. The van der Waals surface area contributed by atoms with Crippen LogP contribution in [0.5, 0.6) is 17.2 Å². The molecular formula is C19H18N4O4S2. The van der Waals surface area contributed by atoms with Crippen LogP contribution in [0.4, 0.5) is 10.3 Å². The summed E-state index contributed by atoms with van der Waals surface area (Å²) in [4.78, 5) is 21.9. The van der Waals surface area contributed by atoms with Crippen LogP contribution in [0.2, 0.25) is 0 Å². The monoisotopic (exact) mass is 430 g/mol. The molecule has 0 aliphatic rings. The summed E-state index contributed by atoms with van der Waals surface area (Å²) in [7, 11) is 6.37. The number of benzene rings is 2. The number of hydrogen-bond donors (Lipinski definition) is 2. The second-order valence-corrected chi connectivity index (χ2v) is 7.92. The van der Waals surface area contributed by atoms with Crippen LogP contribution in [0, 0.1) is 0 Å². The van der Waals surface area contributed by atoms with Gasteiger partial charge in [0.15, 0.2) is 21.8 Å². The third kappa shape index (κ3) is 3.40. The Morgan fingerprint density at radius 3 is 1.97 bits per heavy atom. The molecule has 0 aliphatic carbocycles. The minimum absolute atomic E-state index is 0.320. The van der Waals surface area contributed by atoms with Crippen LogP contribution in [0.1, 0.15) is 10.4 Å². The van der Waals surface area contributed by atoms with Crippen molar-refractivity contribution in [2.24, 2.45) is 0 Å². The molecule has 2 N–H and O–H groups in total. The minimum atomic E-state index is -0.320. The van der Waals surface area contributed by atoms with Gasteiger partial charge in [0.1, 0.15) is 0 Å². The quantitative estimate of drug-likeness (QED) is 0.473. The van der Waals surface area contributed by atoms with Gasteiger partial charge in [-0.1, -0.05) is 22.7 Å². The van der Waals surface area contributed by atoms with E-state index in [0.717, 1.165) is 25.6 Å². The van der Waals surface area contributed by atoms with Crippen molar-refractivity contribution >= 4 is 59.3 Å². The first-order chi connectivity index (χ1) is 14.1. The molecule has 0 saturated heterocycles. The van der Waals surface area contributed by atoms with Gasteiger partial charge in [-0.25, -0.2) is 9.97 Å². The summed E-state index contributed by atoms with van der Waals surface area (Å²) in [5.41, 5.74) is 2.09. The van der Waals surface area contributed by atoms with E-state index in [0.29, 0.717) is 27.9 Å². The van der Waals surface area contributed by atoms with Crippen molar-refractivity contribution in [1.82, 2.24) is 9.97 Å². The van der Waals surface area contributed by atoms with Gasteiger partial charge in [0.2, 0.25) is 5.75 Å². The van der Waals surface area contributed by atoms with Crippen molar-refractivity contribution in [2.45, 2.75) is 0 Å². The van der Waals surface area contributed by atoms with Gasteiger partial charge in [0.25, 0.3) is 5.91 Å². The average Bonchev–Trinajstić information content (AvgIpc) is 3.35. The largest absolute Gasteiger partial charge is 0.493 e. The molecule has 4 rings (SSSR count). The first kappa shape index (κ1) is 19.2. The Balaban J connectivity index is 1.68. The summed E-state index contributed by atoms with van der Waals surface area (Å²) in [6.45, 7) is 0. The molecule has 2 aromatic heterocycles. The fourth-order valence-electron chi connectivity index (χ4n) is 2.91. The van der Waals surface area contributed by atoms with Crippen molar-refractivity contribution in [3.63, 3.8) is 0 Å². The van der Waals surface area contributed by atoms with E-state index in [9.17, 15) is 4.79 Å². The van der Waals surface area contributed by atoms with Gasteiger partial charge >= 0.3 is 0 Å². The predicted octanol–water partition coefficient (Wildman–Crippen LogP) is 4.23. The lowest BCUT2D eigenvalue weighted by molar-refractivity contribution is 0.102. The molecule has 0 saturated carbocycles. The number of nitrogens with zero attached hydrogens (tertiary/aromatic N) is 2. The maximum atomic E-state index is 12.8. The number of thiazole rings is 2. The van der Waals surface area contributed by atoms with Gasteiger partial charge in [-0.05, 0) is 24.3 Å². The minimum Gasteiger partial charge on any atom is -0.493 e. The maximum absolute atomic E-state index is 12.8. The molecule has 0 radical (unpaired) electrons. The summed E-state index contributed by atoms with van der Waals surface area (Å²) in [5.74, 6) is 0.929. The molecule has 8 nitrogen and oxygen atoms in total. The Labute approximate surface area is 174 Å². The fraction of sp³-hybridized carbons (Fsp3) is 0.211. The molecule has 4 aromatic rings. The summed E-state index contributed by atoms with van der Waals surface area (Å²) in [6.07, 6.45) is 0. The molecule has 0 aliphatic heterocycles. The SMILES string of the molecule is CNc1nc2ccc3nc(NC(=O)c4cc(OC)c(OC)c(OC)c4)sc3c2s1. The molecule has 0 atom stereocenters. The highest BCUT2D eigenvalue weighted by Crippen LogP contribution is 2.39. The summed E-state index contributed by atoms with van der Waals surface area (Å²) in [6, 6.07) is 7.04. The Kier molecular flexibility index (Phi) is 5.12. The van der Waals surface area contributed by atoms with Crippen LogP contribution < -0.4 is 24.8 Å². The van der Waals surface area contributed by atoms with E-state index in [1.807, 2.05) is 19.2 Å². The molecule has 2 heterocycles. The van der Waals surface area contributed by atoms with E-state index in [4.69, 9.17) is 14.2 Å². The van der Waals surface area contributed by atoms with Crippen LogP contribution in [0.3, 0.4) is 0 Å². The van der Waals surface area contributed by atoms with E-state index in [2.05, 4.69) is 20.6 Å². The highest BCUT2D eigenvalue weighted by molar-refractivity contribution is 7.30. The van der Waals surface area contributed by atoms with Crippen LogP contribution in [-0.2, 0) is 0 Å². The number of fused-ring (bicyclic) bond motifs is 3. The van der Waals surface area contributed by atoms with Gasteiger partial charge in [-0.2, -0.15) is 0 Å². The Hall–Kier alpha value is -3.11. The van der Waals surface area contributed by atoms with Gasteiger partial charge in [-0.3, -0.25) is 10.1 Å². The van der Waals surface area contributed by atoms with Crippen molar-refractivity contribution in [2.75, 3.05) is 39.0 Å². The molecule has 0 unspecified atom stereocenters. The highest BCUT2D eigenvalue weighted by Gasteiger charge is 2.19. The van der Waals surface area contributed by atoms with Crippen molar-refractivity contribution in [1.29, 1.82) is 0 Å². The lowest BCUT2D eigenvalue weighted by Crippen LogP contribution is -2.12. The molecule has 0 bridgehead atoms. The maximum Gasteiger partial charge on any atom is 0.257 e. The molecule has 1 amide bonds. The van der Waals surface area contributed by atoms with Gasteiger partial charge < -0.3 is 19.5 Å². The zero-order valence-electron chi connectivity index (χ0n) is 16.2. The second kappa shape index (κ2) is 7.72. The second-order valence-electron chi connectivity index (χ2n) is 5.92. The third-order valence-electron chi connectivity index (χ3n) is 4.27. The lowest BCUT2D eigenvalue weighted by Gasteiger charge is -2.13. The van der Waals surface area contributed by atoms with Crippen LogP contribution in [0.25, 0.3) is 20.4 Å². The van der Waals surface area contributed by atoms with E-state index >= 15 is 0 Å². The molecule has 0 spiro atoms. The van der Waals surface area contributed by atoms with E-state index in [1.165, 1.54) is 32.7 Å². The van der Waals surface area contributed by atoms with Gasteiger partial charge in [-0.15, -0.1) is 0 Å². The molecule has 2 aromatic carbocycles. The molecule has 10 heteroatoms. The van der Waals surface area contributed by atoms with E-state index in [1.54, 1.807) is 23.5 Å². The highest BCUT2D eigenvalue weighted by atomic mass is 32.1. The number of ether oxygens (including phenoxy) is 3. The van der Waals surface area contributed by atoms with Crippen molar-refractivity contribution in [3.05, 3.63) is 29.8 Å². The average molecular weight is 431 g/mol. The Morgan fingerprint density at radius 1 is 0.897 bits per heavy atom. The first-order valence-corrected chi connectivity index (χ1v) is 10.2. The lowest BCUT2D eigenvalue weighted by atomic mass is 10.1. The smallest absolute Gasteiger partial charge is 0.257 e. The van der Waals surface area contributed by atoms with Crippen molar-refractivity contribution < 1.29 is 19.0 Å². The third-order valence-corrected chi connectivity index (χ3v) is 6.51. The number of hydrogen-bond acceptors (Lipinski definition) is 9. The Bertz CT molecular complexity index is 1190.